The largest absolute Gasteiger partial charge is 0.497 e. The van der Waals surface area contributed by atoms with E-state index in [2.05, 4.69) is 0 Å². The van der Waals surface area contributed by atoms with Crippen LogP contribution in [0, 0.1) is 0 Å². The van der Waals surface area contributed by atoms with Crippen LogP contribution in [-0.2, 0) is 9.53 Å². The molecule has 1 heterocycles. The second-order valence-electron chi connectivity index (χ2n) is 4.73. The van der Waals surface area contributed by atoms with Gasteiger partial charge in [0, 0.05) is 26.1 Å². The molecule has 1 unspecified atom stereocenters. The average molecular weight is 294 g/mol. The maximum Gasteiger partial charge on any atom is 0.341 e. The molecule has 0 radical (unpaired) electrons. The standard InChI is InChI=1S/C14H18N2O5/c1-16-5-4-10(13(16)17)21-14(18)9-6-8(19-2)7-11(20-3)12(9)15/h6-7,10H,4-5,15H2,1-3H3. The van der Waals surface area contributed by atoms with Gasteiger partial charge in [-0.1, -0.05) is 0 Å². The molecule has 1 aromatic carbocycles. The number of nitrogens with two attached hydrogens (primary N) is 1. The molecular formula is C14H18N2O5. The maximum atomic E-state index is 12.2. The van der Waals surface area contributed by atoms with Crippen molar-refractivity contribution in [2.24, 2.45) is 0 Å². The number of esters is 1. The number of ether oxygens (including phenoxy) is 3. The van der Waals surface area contributed by atoms with Gasteiger partial charge in [-0.2, -0.15) is 0 Å². The summed E-state index contributed by atoms with van der Waals surface area (Å²) in [5.41, 5.74) is 6.15. The Balaban J connectivity index is 2.24. The van der Waals surface area contributed by atoms with Crippen LogP contribution >= 0.6 is 0 Å². The number of carbonyl (C=O) groups is 2. The SMILES string of the molecule is COc1cc(OC)c(N)c(C(=O)OC2CCN(C)C2=O)c1. The van der Waals surface area contributed by atoms with Crippen LogP contribution in [0.5, 0.6) is 11.5 Å². The molecule has 0 aliphatic carbocycles. The highest BCUT2D eigenvalue weighted by Gasteiger charge is 2.33. The molecule has 2 rings (SSSR count). The predicted octanol–water partition coefficient (Wildman–Crippen LogP) is 0.673. The first-order chi connectivity index (χ1) is 9.97. The molecule has 1 atom stereocenters. The van der Waals surface area contributed by atoms with E-state index in [0.717, 1.165) is 0 Å². The van der Waals surface area contributed by atoms with Crippen LogP contribution in [0.25, 0.3) is 0 Å². The number of likely N-dealkylation sites (tertiary alicyclic amines) is 1. The van der Waals surface area contributed by atoms with Gasteiger partial charge in [-0.05, 0) is 6.07 Å². The summed E-state index contributed by atoms with van der Waals surface area (Å²) >= 11 is 0. The Labute approximate surface area is 122 Å². The minimum atomic E-state index is -0.765. The summed E-state index contributed by atoms with van der Waals surface area (Å²) in [6.45, 7) is 0.563. The van der Waals surface area contributed by atoms with Crippen LogP contribution in [0.3, 0.4) is 0 Å². The van der Waals surface area contributed by atoms with Crippen molar-refractivity contribution in [2.45, 2.75) is 12.5 Å². The molecule has 0 saturated carbocycles. The molecule has 1 aromatic rings. The normalized spacial score (nSPS) is 17.8. The molecule has 21 heavy (non-hydrogen) atoms. The van der Waals surface area contributed by atoms with E-state index in [1.165, 1.54) is 25.2 Å². The number of likely N-dealkylation sites (N-methyl/N-ethyl adjacent to an activating group) is 1. The number of benzene rings is 1. The monoisotopic (exact) mass is 294 g/mol. The Hall–Kier alpha value is -2.44. The molecule has 7 heteroatoms. The van der Waals surface area contributed by atoms with Gasteiger partial charge in [-0.25, -0.2) is 4.79 Å². The van der Waals surface area contributed by atoms with Crippen LogP contribution in [0.1, 0.15) is 16.8 Å². The summed E-state index contributed by atoms with van der Waals surface area (Å²) in [6.07, 6.45) is -0.290. The number of hydrogen-bond acceptors (Lipinski definition) is 6. The molecule has 1 amide bonds. The first kappa shape index (κ1) is 15.0. The third-order valence-electron chi connectivity index (χ3n) is 3.42. The van der Waals surface area contributed by atoms with E-state index in [4.69, 9.17) is 19.9 Å². The first-order valence-electron chi connectivity index (χ1n) is 6.45. The van der Waals surface area contributed by atoms with E-state index >= 15 is 0 Å². The summed E-state index contributed by atoms with van der Waals surface area (Å²) in [6, 6.07) is 3.03. The van der Waals surface area contributed by atoms with Crippen LogP contribution < -0.4 is 15.2 Å². The fourth-order valence-electron chi connectivity index (χ4n) is 2.15. The fraction of sp³-hybridized carbons (Fsp3) is 0.429. The van der Waals surface area contributed by atoms with Crippen molar-refractivity contribution in [2.75, 3.05) is 33.5 Å². The van der Waals surface area contributed by atoms with Gasteiger partial charge < -0.3 is 24.8 Å². The van der Waals surface area contributed by atoms with Crippen molar-refractivity contribution < 1.29 is 23.8 Å². The van der Waals surface area contributed by atoms with E-state index in [1.54, 1.807) is 13.1 Å². The van der Waals surface area contributed by atoms with E-state index < -0.39 is 12.1 Å². The molecule has 1 fully saturated rings. The van der Waals surface area contributed by atoms with Gasteiger partial charge in [0.15, 0.2) is 6.10 Å². The van der Waals surface area contributed by atoms with E-state index in [1.807, 2.05) is 0 Å². The highest BCUT2D eigenvalue weighted by atomic mass is 16.5. The summed E-state index contributed by atoms with van der Waals surface area (Å²) in [4.78, 5) is 25.5. The molecule has 0 bridgehead atoms. The Kier molecular flexibility index (Phi) is 4.21. The minimum absolute atomic E-state index is 0.119. The fourth-order valence-corrected chi connectivity index (χ4v) is 2.15. The Bertz CT molecular complexity index is 573. The molecular weight excluding hydrogens is 276 g/mol. The topological polar surface area (TPSA) is 91.1 Å². The molecule has 0 aromatic heterocycles. The smallest absolute Gasteiger partial charge is 0.341 e. The first-order valence-corrected chi connectivity index (χ1v) is 6.45. The highest BCUT2D eigenvalue weighted by Crippen LogP contribution is 2.32. The number of amides is 1. The van der Waals surface area contributed by atoms with Crippen molar-refractivity contribution in [1.29, 1.82) is 0 Å². The summed E-state index contributed by atoms with van der Waals surface area (Å²) in [5, 5.41) is 0. The summed E-state index contributed by atoms with van der Waals surface area (Å²) < 4.78 is 15.4. The lowest BCUT2D eigenvalue weighted by atomic mass is 10.1. The van der Waals surface area contributed by atoms with Crippen molar-refractivity contribution in [3.8, 4) is 11.5 Å². The molecule has 1 aliphatic rings. The zero-order valence-corrected chi connectivity index (χ0v) is 12.2. The second-order valence-corrected chi connectivity index (χ2v) is 4.73. The van der Waals surface area contributed by atoms with Crippen LogP contribution in [-0.4, -0.2) is 50.7 Å². The predicted molar refractivity (Wildman–Crippen MR) is 75.4 cm³/mol. The number of anilines is 1. The molecule has 0 spiro atoms. The van der Waals surface area contributed by atoms with Crippen molar-refractivity contribution in [3.63, 3.8) is 0 Å². The zero-order chi connectivity index (χ0) is 15.6. The number of nitrogen functional groups attached to an aromatic ring is 1. The van der Waals surface area contributed by atoms with Crippen molar-refractivity contribution in [1.82, 2.24) is 4.90 Å². The second kappa shape index (κ2) is 5.90. The van der Waals surface area contributed by atoms with Gasteiger partial charge in [0.25, 0.3) is 5.91 Å². The highest BCUT2D eigenvalue weighted by molar-refractivity contribution is 5.99. The third kappa shape index (κ3) is 2.86. The molecule has 7 nitrogen and oxygen atoms in total. The number of carbonyl (C=O) groups excluding carboxylic acids is 2. The maximum absolute atomic E-state index is 12.2. The van der Waals surface area contributed by atoms with E-state index in [-0.39, 0.29) is 17.2 Å². The summed E-state index contributed by atoms with van der Waals surface area (Å²) in [5.74, 6) is -0.144. The van der Waals surface area contributed by atoms with Crippen LogP contribution in [0.15, 0.2) is 12.1 Å². The minimum Gasteiger partial charge on any atom is -0.497 e. The van der Waals surface area contributed by atoms with Crippen LogP contribution in [0.2, 0.25) is 0 Å². The quantitative estimate of drug-likeness (QED) is 0.648. The third-order valence-corrected chi connectivity index (χ3v) is 3.42. The Morgan fingerprint density at radius 3 is 2.57 bits per heavy atom. The number of methoxy groups -OCH3 is 2. The number of rotatable bonds is 4. The van der Waals surface area contributed by atoms with Gasteiger partial charge in [-0.3, -0.25) is 4.79 Å². The molecule has 114 valence electrons. The number of hydrogen-bond donors (Lipinski definition) is 1. The van der Waals surface area contributed by atoms with Crippen LogP contribution in [0.4, 0.5) is 5.69 Å². The zero-order valence-electron chi connectivity index (χ0n) is 12.2. The summed E-state index contributed by atoms with van der Waals surface area (Å²) in [7, 11) is 4.57. The van der Waals surface area contributed by atoms with Gasteiger partial charge in [0.1, 0.15) is 11.5 Å². The average Bonchev–Trinajstić information content (AvgIpc) is 2.79. The van der Waals surface area contributed by atoms with Gasteiger partial charge >= 0.3 is 5.97 Å². The van der Waals surface area contributed by atoms with Gasteiger partial charge in [0.2, 0.25) is 0 Å². The van der Waals surface area contributed by atoms with E-state index in [9.17, 15) is 9.59 Å². The Morgan fingerprint density at radius 1 is 1.33 bits per heavy atom. The lowest BCUT2D eigenvalue weighted by Gasteiger charge is -2.15. The van der Waals surface area contributed by atoms with Crippen molar-refractivity contribution >= 4 is 17.6 Å². The number of nitrogens with zero attached hydrogens (tertiary/aromatic N) is 1. The molecule has 2 N–H and O–H groups in total. The lowest BCUT2D eigenvalue weighted by molar-refractivity contribution is -0.133. The van der Waals surface area contributed by atoms with Crippen molar-refractivity contribution in [3.05, 3.63) is 17.7 Å². The van der Waals surface area contributed by atoms with Gasteiger partial charge in [-0.15, -0.1) is 0 Å². The van der Waals surface area contributed by atoms with Gasteiger partial charge in [0.05, 0.1) is 25.5 Å². The Morgan fingerprint density at radius 2 is 2.05 bits per heavy atom. The molecule has 1 saturated heterocycles. The van der Waals surface area contributed by atoms with E-state index in [0.29, 0.717) is 24.5 Å². The lowest BCUT2D eigenvalue weighted by Crippen LogP contribution is -2.29. The molecule has 1 aliphatic heterocycles.